The number of benzene rings is 2. The van der Waals surface area contributed by atoms with Crippen LogP contribution < -0.4 is 4.74 Å². The number of ether oxygens (including phenoxy) is 2. The summed E-state index contributed by atoms with van der Waals surface area (Å²) >= 11 is 3.11. The third-order valence-electron chi connectivity index (χ3n) is 4.63. The summed E-state index contributed by atoms with van der Waals surface area (Å²) in [6.45, 7) is 9.07. The van der Waals surface area contributed by atoms with E-state index in [4.69, 9.17) is 9.47 Å². The molecule has 0 aliphatic rings. The van der Waals surface area contributed by atoms with E-state index in [1.807, 2.05) is 32.0 Å². The molecule has 0 amide bonds. The average Bonchev–Trinajstić information content (AvgIpc) is 3.10. The van der Waals surface area contributed by atoms with E-state index in [2.05, 4.69) is 4.98 Å². The molecular formula is C25H26F3NO3S2. The molecule has 0 atom stereocenters. The molecule has 3 aromatic rings. The number of rotatable bonds is 7. The zero-order chi connectivity index (χ0) is 25.1. The number of aryl methyl sites for hydroxylation is 2. The van der Waals surface area contributed by atoms with Gasteiger partial charge in [0.2, 0.25) is 0 Å². The smallest absolute Gasteiger partial charge is 0.416 e. The number of hydrogen-bond acceptors (Lipinski definition) is 6. The summed E-state index contributed by atoms with van der Waals surface area (Å²) in [7, 11) is 0. The van der Waals surface area contributed by atoms with Gasteiger partial charge in [0, 0.05) is 21.1 Å². The van der Waals surface area contributed by atoms with Crippen molar-refractivity contribution in [2.24, 2.45) is 0 Å². The highest BCUT2D eigenvalue weighted by molar-refractivity contribution is 7.98. The monoisotopic (exact) mass is 509 g/mol. The number of nitrogens with zero attached hydrogens (tertiary/aromatic N) is 1. The van der Waals surface area contributed by atoms with Crippen molar-refractivity contribution in [2.45, 2.75) is 57.0 Å². The second kappa shape index (κ2) is 10.4. The van der Waals surface area contributed by atoms with E-state index in [-0.39, 0.29) is 6.61 Å². The van der Waals surface area contributed by atoms with Gasteiger partial charge in [-0.1, -0.05) is 12.1 Å². The van der Waals surface area contributed by atoms with Gasteiger partial charge in [-0.05, 0) is 70.5 Å². The highest BCUT2D eigenvalue weighted by Gasteiger charge is 2.30. The van der Waals surface area contributed by atoms with E-state index < -0.39 is 23.3 Å². The minimum atomic E-state index is -4.35. The lowest BCUT2D eigenvalue weighted by molar-refractivity contribution is -0.157. The van der Waals surface area contributed by atoms with Gasteiger partial charge in [-0.25, -0.2) is 9.78 Å². The van der Waals surface area contributed by atoms with Crippen LogP contribution in [0.2, 0.25) is 0 Å². The maximum atomic E-state index is 12.8. The Morgan fingerprint density at radius 2 is 1.74 bits per heavy atom. The van der Waals surface area contributed by atoms with Gasteiger partial charge in [0.05, 0.1) is 11.3 Å². The molecule has 9 heteroatoms. The standard InChI is InChI=1S/C25H26F3NO3S2/c1-15-12-19(10-11-20(15)31-13-22(30)32-24(3,4)5)33-14-21-16(2)29-23(34-21)17-6-8-18(9-7-17)25(26,27)28/h6-12H,13-14H2,1-5H3. The maximum absolute atomic E-state index is 12.8. The molecule has 4 nitrogen and oxygen atoms in total. The number of alkyl halides is 3. The number of hydrogen-bond donors (Lipinski definition) is 0. The van der Waals surface area contributed by atoms with Gasteiger partial charge in [0.1, 0.15) is 16.4 Å². The Kier molecular flexibility index (Phi) is 7.98. The number of aromatic nitrogens is 1. The minimum absolute atomic E-state index is 0.155. The van der Waals surface area contributed by atoms with E-state index >= 15 is 0 Å². The van der Waals surface area contributed by atoms with Crippen molar-refractivity contribution in [3.8, 4) is 16.3 Å². The maximum Gasteiger partial charge on any atom is 0.416 e. The van der Waals surface area contributed by atoms with Crippen LogP contribution in [0.5, 0.6) is 5.75 Å². The van der Waals surface area contributed by atoms with Crippen LogP contribution in [0, 0.1) is 13.8 Å². The number of carbonyl (C=O) groups excluding carboxylic acids is 1. The number of halogens is 3. The van der Waals surface area contributed by atoms with Crippen LogP contribution in [0.4, 0.5) is 13.2 Å². The van der Waals surface area contributed by atoms with E-state index in [0.29, 0.717) is 22.1 Å². The first-order chi connectivity index (χ1) is 15.8. The normalized spacial score (nSPS) is 12.0. The predicted molar refractivity (Wildman–Crippen MR) is 129 cm³/mol. The zero-order valence-corrected chi connectivity index (χ0v) is 21.2. The summed E-state index contributed by atoms with van der Waals surface area (Å²) < 4.78 is 49.2. The van der Waals surface area contributed by atoms with Crippen LogP contribution in [0.25, 0.3) is 10.6 Å². The summed E-state index contributed by atoms with van der Waals surface area (Å²) in [4.78, 5) is 18.5. The lowest BCUT2D eigenvalue weighted by atomic mass is 10.1. The largest absolute Gasteiger partial charge is 0.482 e. The van der Waals surface area contributed by atoms with Crippen molar-refractivity contribution in [3.63, 3.8) is 0 Å². The first kappa shape index (κ1) is 26.1. The Bertz CT molecular complexity index is 1150. The van der Waals surface area contributed by atoms with Crippen LogP contribution in [0.3, 0.4) is 0 Å². The van der Waals surface area contributed by atoms with Gasteiger partial charge in [0.15, 0.2) is 6.61 Å². The number of thioether (sulfide) groups is 1. The minimum Gasteiger partial charge on any atom is -0.482 e. The first-order valence-electron chi connectivity index (χ1n) is 10.5. The molecule has 0 aliphatic carbocycles. The molecule has 182 valence electrons. The van der Waals surface area contributed by atoms with Gasteiger partial charge in [-0.3, -0.25) is 0 Å². The lowest BCUT2D eigenvalue weighted by Gasteiger charge is -2.19. The Balaban J connectivity index is 1.61. The second-order valence-electron chi connectivity index (χ2n) is 8.69. The van der Waals surface area contributed by atoms with Crippen molar-refractivity contribution in [3.05, 3.63) is 64.2 Å². The number of esters is 1. The molecule has 0 fully saturated rings. The van der Waals surface area contributed by atoms with Crippen molar-refractivity contribution in [2.75, 3.05) is 6.61 Å². The number of carbonyl (C=O) groups is 1. The highest BCUT2D eigenvalue weighted by atomic mass is 32.2. The number of thiazole rings is 1. The van der Waals surface area contributed by atoms with Crippen molar-refractivity contribution in [1.82, 2.24) is 4.98 Å². The SMILES string of the molecule is Cc1cc(SCc2sc(-c3ccc(C(F)(F)F)cc3)nc2C)ccc1OCC(=O)OC(C)(C)C. The third kappa shape index (κ3) is 7.24. The van der Waals surface area contributed by atoms with Gasteiger partial charge >= 0.3 is 12.1 Å². The van der Waals surface area contributed by atoms with E-state index in [1.165, 1.54) is 23.5 Å². The van der Waals surface area contributed by atoms with Gasteiger partial charge in [0.25, 0.3) is 0 Å². The summed E-state index contributed by atoms with van der Waals surface area (Å²) in [5, 5.41) is 0.698. The topological polar surface area (TPSA) is 48.4 Å². The van der Waals surface area contributed by atoms with E-state index in [0.717, 1.165) is 33.2 Å². The predicted octanol–water partition coefficient (Wildman–Crippen LogP) is 7.46. The first-order valence-corrected chi connectivity index (χ1v) is 12.3. The van der Waals surface area contributed by atoms with Crippen LogP contribution in [-0.2, 0) is 21.5 Å². The second-order valence-corrected chi connectivity index (χ2v) is 10.8. The van der Waals surface area contributed by atoms with Crippen LogP contribution in [-0.4, -0.2) is 23.2 Å². The fraction of sp³-hybridized carbons (Fsp3) is 0.360. The van der Waals surface area contributed by atoms with Gasteiger partial charge in [-0.15, -0.1) is 23.1 Å². The van der Waals surface area contributed by atoms with Gasteiger partial charge in [-0.2, -0.15) is 13.2 Å². The molecule has 0 bridgehead atoms. The summed E-state index contributed by atoms with van der Waals surface area (Å²) in [5.41, 5.74) is 1.20. The molecule has 0 radical (unpaired) electrons. The molecule has 34 heavy (non-hydrogen) atoms. The van der Waals surface area contributed by atoms with Crippen LogP contribution >= 0.6 is 23.1 Å². The Morgan fingerprint density at radius 1 is 1.06 bits per heavy atom. The molecule has 1 aromatic heterocycles. The van der Waals surface area contributed by atoms with Crippen molar-refractivity contribution < 1.29 is 27.4 Å². The molecule has 0 spiro atoms. The Hall–Kier alpha value is -2.52. The van der Waals surface area contributed by atoms with Crippen LogP contribution in [0.1, 0.15) is 42.5 Å². The van der Waals surface area contributed by atoms with Crippen molar-refractivity contribution >= 4 is 29.1 Å². The Morgan fingerprint density at radius 3 is 2.32 bits per heavy atom. The highest BCUT2D eigenvalue weighted by Crippen LogP contribution is 2.35. The average molecular weight is 510 g/mol. The van der Waals surface area contributed by atoms with Crippen LogP contribution in [0.15, 0.2) is 47.4 Å². The fourth-order valence-corrected chi connectivity index (χ4v) is 5.22. The summed E-state index contributed by atoms with van der Waals surface area (Å²) in [6, 6.07) is 10.8. The molecule has 0 aliphatic heterocycles. The quantitative estimate of drug-likeness (QED) is 0.244. The Labute approximate surface area is 205 Å². The lowest BCUT2D eigenvalue weighted by Crippen LogP contribution is -2.27. The third-order valence-corrected chi connectivity index (χ3v) is 7.04. The summed E-state index contributed by atoms with van der Waals surface area (Å²) in [6.07, 6.45) is -4.35. The van der Waals surface area contributed by atoms with E-state index in [9.17, 15) is 18.0 Å². The zero-order valence-electron chi connectivity index (χ0n) is 19.6. The van der Waals surface area contributed by atoms with Crippen molar-refractivity contribution in [1.29, 1.82) is 0 Å². The van der Waals surface area contributed by atoms with Gasteiger partial charge < -0.3 is 9.47 Å². The molecule has 0 saturated heterocycles. The molecule has 1 heterocycles. The molecular weight excluding hydrogens is 483 g/mol. The molecule has 0 N–H and O–H groups in total. The summed E-state index contributed by atoms with van der Waals surface area (Å²) in [5.74, 6) is 0.880. The molecule has 0 unspecified atom stereocenters. The molecule has 2 aromatic carbocycles. The van der Waals surface area contributed by atoms with E-state index in [1.54, 1.807) is 32.5 Å². The molecule has 3 rings (SSSR count). The fourth-order valence-electron chi connectivity index (χ4n) is 3.02. The molecule has 0 saturated carbocycles.